The van der Waals surface area contributed by atoms with Crippen molar-refractivity contribution in [1.29, 1.82) is 0 Å². The van der Waals surface area contributed by atoms with Crippen molar-refractivity contribution >= 4 is 45.2 Å². The Hall–Kier alpha value is -1.24. The van der Waals surface area contributed by atoms with Gasteiger partial charge in [0.1, 0.15) is 5.70 Å². The number of halogens is 1. The number of hydrogen-bond acceptors (Lipinski definition) is 3. The summed E-state index contributed by atoms with van der Waals surface area (Å²) >= 11 is 8.63. The third-order valence-electron chi connectivity index (χ3n) is 3.00. The first-order valence-electron chi connectivity index (χ1n) is 6.79. The van der Waals surface area contributed by atoms with Gasteiger partial charge in [0.25, 0.3) is 5.91 Å². The number of thiocarbonyl (C=S) groups is 1. The van der Waals surface area contributed by atoms with E-state index in [0.29, 0.717) is 30.6 Å². The van der Waals surface area contributed by atoms with Gasteiger partial charge in [-0.1, -0.05) is 28.1 Å². The SMILES string of the molecule is CCOCCCN1C(=O)/C(=C\c2cccc(Br)c2)NC1=S. The summed E-state index contributed by atoms with van der Waals surface area (Å²) in [6.45, 7) is 3.84. The van der Waals surface area contributed by atoms with Gasteiger partial charge < -0.3 is 10.1 Å². The Morgan fingerprint density at radius 2 is 2.29 bits per heavy atom. The summed E-state index contributed by atoms with van der Waals surface area (Å²) in [6, 6.07) is 7.75. The zero-order valence-electron chi connectivity index (χ0n) is 11.8. The molecule has 2 rings (SSSR count). The van der Waals surface area contributed by atoms with E-state index in [0.717, 1.165) is 16.5 Å². The predicted octanol–water partition coefficient (Wildman–Crippen LogP) is 2.93. The third kappa shape index (κ3) is 4.36. The largest absolute Gasteiger partial charge is 0.382 e. The Kier molecular flexibility index (Phi) is 5.90. The van der Waals surface area contributed by atoms with Crippen molar-refractivity contribution < 1.29 is 9.53 Å². The molecular formula is C15H17BrN2O2S. The van der Waals surface area contributed by atoms with Gasteiger partial charge in [0.05, 0.1) is 0 Å². The van der Waals surface area contributed by atoms with Gasteiger partial charge in [0, 0.05) is 24.2 Å². The number of rotatable bonds is 6. The molecule has 1 aromatic rings. The van der Waals surface area contributed by atoms with E-state index >= 15 is 0 Å². The van der Waals surface area contributed by atoms with Gasteiger partial charge in [-0.05, 0) is 49.3 Å². The van der Waals surface area contributed by atoms with Crippen LogP contribution in [0.25, 0.3) is 6.08 Å². The molecule has 1 saturated heterocycles. The second kappa shape index (κ2) is 7.68. The van der Waals surface area contributed by atoms with Gasteiger partial charge in [-0.2, -0.15) is 0 Å². The number of nitrogens with one attached hydrogen (secondary N) is 1. The predicted molar refractivity (Wildman–Crippen MR) is 90.7 cm³/mol. The highest BCUT2D eigenvalue weighted by molar-refractivity contribution is 9.10. The van der Waals surface area contributed by atoms with Crippen molar-refractivity contribution in [2.24, 2.45) is 0 Å². The highest BCUT2D eigenvalue weighted by atomic mass is 79.9. The lowest BCUT2D eigenvalue weighted by atomic mass is 10.2. The minimum atomic E-state index is -0.0866. The minimum Gasteiger partial charge on any atom is -0.382 e. The maximum absolute atomic E-state index is 12.3. The summed E-state index contributed by atoms with van der Waals surface area (Å²) in [5, 5.41) is 3.43. The maximum atomic E-state index is 12.3. The average molecular weight is 369 g/mol. The second-order valence-electron chi connectivity index (χ2n) is 4.55. The molecule has 1 aliphatic heterocycles. The van der Waals surface area contributed by atoms with E-state index in [-0.39, 0.29) is 5.91 Å². The average Bonchev–Trinajstić information content (AvgIpc) is 2.70. The molecule has 0 saturated carbocycles. The van der Waals surface area contributed by atoms with E-state index in [4.69, 9.17) is 17.0 Å². The molecule has 4 nitrogen and oxygen atoms in total. The summed E-state index contributed by atoms with van der Waals surface area (Å²) in [4.78, 5) is 13.9. The smallest absolute Gasteiger partial charge is 0.276 e. The molecule has 0 aliphatic carbocycles. The number of hydrogen-bond donors (Lipinski definition) is 1. The Labute approximate surface area is 138 Å². The first kappa shape index (κ1) is 16.1. The number of benzene rings is 1. The van der Waals surface area contributed by atoms with E-state index in [9.17, 15) is 4.79 Å². The molecule has 0 aromatic heterocycles. The van der Waals surface area contributed by atoms with Gasteiger partial charge in [-0.15, -0.1) is 0 Å². The van der Waals surface area contributed by atoms with Crippen molar-refractivity contribution in [2.75, 3.05) is 19.8 Å². The molecule has 0 unspecified atom stereocenters. The molecule has 0 atom stereocenters. The molecule has 21 heavy (non-hydrogen) atoms. The second-order valence-corrected chi connectivity index (χ2v) is 5.85. The van der Waals surface area contributed by atoms with Crippen molar-refractivity contribution in [3.05, 3.63) is 40.0 Å². The summed E-state index contributed by atoms with van der Waals surface area (Å²) < 4.78 is 6.25. The summed E-state index contributed by atoms with van der Waals surface area (Å²) in [5.74, 6) is -0.0866. The third-order valence-corrected chi connectivity index (χ3v) is 3.81. The van der Waals surface area contributed by atoms with E-state index in [1.165, 1.54) is 0 Å². The molecule has 1 amide bonds. The van der Waals surface area contributed by atoms with Gasteiger partial charge in [-0.25, -0.2) is 0 Å². The van der Waals surface area contributed by atoms with Crippen LogP contribution in [0.3, 0.4) is 0 Å². The van der Waals surface area contributed by atoms with Crippen LogP contribution < -0.4 is 5.32 Å². The van der Waals surface area contributed by atoms with Crippen LogP contribution in [0.1, 0.15) is 18.9 Å². The summed E-state index contributed by atoms with van der Waals surface area (Å²) in [5.41, 5.74) is 1.45. The van der Waals surface area contributed by atoms with E-state index < -0.39 is 0 Å². The monoisotopic (exact) mass is 368 g/mol. The Morgan fingerprint density at radius 3 is 3.00 bits per heavy atom. The quantitative estimate of drug-likeness (QED) is 0.476. The van der Waals surface area contributed by atoms with Crippen LogP contribution in [0.4, 0.5) is 0 Å². The van der Waals surface area contributed by atoms with E-state index in [2.05, 4.69) is 21.2 Å². The van der Waals surface area contributed by atoms with E-state index in [1.54, 1.807) is 4.90 Å². The first-order valence-corrected chi connectivity index (χ1v) is 8.00. The molecule has 1 aromatic carbocycles. The number of carbonyl (C=O) groups excluding carboxylic acids is 1. The van der Waals surface area contributed by atoms with Crippen molar-refractivity contribution in [2.45, 2.75) is 13.3 Å². The number of amides is 1. The van der Waals surface area contributed by atoms with E-state index in [1.807, 2.05) is 37.3 Å². The van der Waals surface area contributed by atoms with Crippen LogP contribution in [0, 0.1) is 0 Å². The molecule has 1 N–H and O–H groups in total. The number of nitrogens with zero attached hydrogens (tertiary/aromatic N) is 1. The van der Waals surface area contributed by atoms with Crippen LogP contribution >= 0.6 is 28.1 Å². The Bertz CT molecular complexity index is 575. The zero-order chi connectivity index (χ0) is 15.2. The molecule has 0 radical (unpaired) electrons. The van der Waals surface area contributed by atoms with Crippen LogP contribution in [0.5, 0.6) is 0 Å². The normalized spacial score (nSPS) is 16.7. The van der Waals surface area contributed by atoms with Crippen molar-refractivity contribution in [3.8, 4) is 0 Å². The number of ether oxygens (including phenoxy) is 1. The van der Waals surface area contributed by atoms with Gasteiger partial charge in [0.15, 0.2) is 5.11 Å². The minimum absolute atomic E-state index is 0.0866. The summed E-state index contributed by atoms with van der Waals surface area (Å²) in [6.07, 6.45) is 2.58. The highest BCUT2D eigenvalue weighted by Crippen LogP contribution is 2.17. The fourth-order valence-corrected chi connectivity index (χ4v) is 2.71. The fourth-order valence-electron chi connectivity index (χ4n) is 2.01. The molecule has 6 heteroatoms. The van der Waals surface area contributed by atoms with Crippen molar-refractivity contribution in [3.63, 3.8) is 0 Å². The molecular weight excluding hydrogens is 352 g/mol. The molecule has 1 heterocycles. The highest BCUT2D eigenvalue weighted by Gasteiger charge is 2.29. The zero-order valence-corrected chi connectivity index (χ0v) is 14.2. The topological polar surface area (TPSA) is 41.6 Å². The lowest BCUT2D eigenvalue weighted by Crippen LogP contribution is -2.32. The van der Waals surface area contributed by atoms with Gasteiger partial charge in [-0.3, -0.25) is 9.69 Å². The lowest BCUT2D eigenvalue weighted by molar-refractivity contribution is -0.122. The number of carbonyl (C=O) groups is 1. The Morgan fingerprint density at radius 1 is 1.48 bits per heavy atom. The molecule has 112 valence electrons. The molecule has 1 fully saturated rings. The molecule has 0 spiro atoms. The molecule has 1 aliphatic rings. The summed E-state index contributed by atoms with van der Waals surface area (Å²) in [7, 11) is 0. The molecule has 0 bridgehead atoms. The van der Waals surface area contributed by atoms with Crippen LogP contribution in [-0.2, 0) is 9.53 Å². The standard InChI is InChI=1S/C15H17BrN2O2S/c1-2-20-8-4-7-18-14(19)13(17-15(18)21)10-11-5-3-6-12(16)9-11/h3,5-6,9-10H,2,4,7-8H2,1H3,(H,17,21)/b13-10+. The van der Waals surface area contributed by atoms with Crippen LogP contribution in [0.15, 0.2) is 34.4 Å². The Balaban J connectivity index is 2.03. The van der Waals surface area contributed by atoms with Gasteiger partial charge in [0.2, 0.25) is 0 Å². The maximum Gasteiger partial charge on any atom is 0.276 e. The van der Waals surface area contributed by atoms with Crippen LogP contribution in [0.2, 0.25) is 0 Å². The van der Waals surface area contributed by atoms with Crippen molar-refractivity contribution in [1.82, 2.24) is 10.2 Å². The first-order chi connectivity index (χ1) is 10.1. The lowest BCUT2D eigenvalue weighted by Gasteiger charge is -2.13. The van der Waals surface area contributed by atoms with Crippen LogP contribution in [-0.4, -0.2) is 35.7 Å². The van der Waals surface area contributed by atoms with Gasteiger partial charge >= 0.3 is 0 Å². The fraction of sp³-hybridized carbons (Fsp3) is 0.333.